The molecular weight excluding hydrogens is 198 g/mol. The summed E-state index contributed by atoms with van der Waals surface area (Å²) in [4.78, 5) is 8.72. The van der Waals surface area contributed by atoms with E-state index in [0.29, 0.717) is 11.6 Å². The van der Waals surface area contributed by atoms with Crippen LogP contribution in [-0.4, -0.2) is 16.5 Å². The molecule has 0 bridgehead atoms. The molecule has 0 saturated heterocycles. The minimum Gasteiger partial charge on any atom is -0.364 e. The Kier molecular flexibility index (Phi) is 3.47. The standard InChI is InChI=1S/C10H14ClN3/c1-6(11)5-12-10-9(4)13-7(2)8(3)14-10/h1,5H2,2-4H3,(H,12,14). The van der Waals surface area contributed by atoms with Crippen LogP contribution in [-0.2, 0) is 0 Å². The predicted molar refractivity (Wildman–Crippen MR) is 59.7 cm³/mol. The summed E-state index contributed by atoms with van der Waals surface area (Å²) in [5.41, 5.74) is 2.77. The average molecular weight is 212 g/mol. The first-order valence-electron chi connectivity index (χ1n) is 4.39. The van der Waals surface area contributed by atoms with E-state index in [1.54, 1.807) is 0 Å². The van der Waals surface area contributed by atoms with Crippen molar-refractivity contribution in [2.45, 2.75) is 20.8 Å². The molecule has 1 heterocycles. The van der Waals surface area contributed by atoms with Gasteiger partial charge < -0.3 is 5.32 Å². The van der Waals surface area contributed by atoms with Crippen molar-refractivity contribution in [2.24, 2.45) is 0 Å². The van der Waals surface area contributed by atoms with E-state index < -0.39 is 0 Å². The summed E-state index contributed by atoms with van der Waals surface area (Å²) in [6.07, 6.45) is 0. The molecule has 0 spiro atoms. The molecule has 0 unspecified atom stereocenters. The highest BCUT2D eigenvalue weighted by molar-refractivity contribution is 6.29. The van der Waals surface area contributed by atoms with Crippen molar-refractivity contribution >= 4 is 17.4 Å². The number of hydrogen-bond donors (Lipinski definition) is 1. The topological polar surface area (TPSA) is 37.8 Å². The number of aryl methyl sites for hydroxylation is 3. The molecule has 0 aliphatic carbocycles. The van der Waals surface area contributed by atoms with Crippen LogP contribution in [0.2, 0.25) is 0 Å². The van der Waals surface area contributed by atoms with Gasteiger partial charge in [-0.15, -0.1) is 0 Å². The summed E-state index contributed by atoms with van der Waals surface area (Å²) in [5.74, 6) is 0.773. The lowest BCUT2D eigenvalue weighted by Crippen LogP contribution is -2.08. The molecule has 76 valence electrons. The summed E-state index contributed by atoms with van der Waals surface area (Å²) in [5, 5.41) is 3.63. The molecule has 1 N–H and O–H groups in total. The van der Waals surface area contributed by atoms with Crippen molar-refractivity contribution in [3.63, 3.8) is 0 Å². The summed E-state index contributed by atoms with van der Waals surface area (Å²) in [6.45, 7) is 9.90. The Labute approximate surface area is 89.2 Å². The molecule has 0 aliphatic rings. The lowest BCUT2D eigenvalue weighted by atomic mass is 10.3. The van der Waals surface area contributed by atoms with Crippen molar-refractivity contribution < 1.29 is 0 Å². The number of halogens is 1. The third kappa shape index (κ3) is 2.70. The molecule has 4 heteroatoms. The van der Waals surface area contributed by atoms with E-state index in [4.69, 9.17) is 11.6 Å². The molecular formula is C10H14ClN3. The van der Waals surface area contributed by atoms with Gasteiger partial charge in [0.05, 0.1) is 23.6 Å². The first-order chi connectivity index (χ1) is 6.50. The van der Waals surface area contributed by atoms with Gasteiger partial charge in [-0.25, -0.2) is 4.98 Å². The molecule has 1 rings (SSSR count). The van der Waals surface area contributed by atoms with Crippen molar-refractivity contribution in [1.29, 1.82) is 0 Å². The summed E-state index contributed by atoms with van der Waals surface area (Å²) >= 11 is 5.65. The minimum atomic E-state index is 0.513. The Balaban J connectivity index is 2.87. The number of anilines is 1. The first kappa shape index (κ1) is 11.0. The van der Waals surface area contributed by atoms with Crippen molar-refractivity contribution in [3.05, 3.63) is 28.7 Å². The molecule has 0 radical (unpaired) electrons. The molecule has 0 atom stereocenters. The van der Waals surface area contributed by atoms with Gasteiger partial charge in [-0.2, -0.15) is 0 Å². The van der Waals surface area contributed by atoms with Crippen LogP contribution in [0.3, 0.4) is 0 Å². The highest BCUT2D eigenvalue weighted by Gasteiger charge is 2.04. The van der Waals surface area contributed by atoms with Crippen LogP contribution in [0, 0.1) is 20.8 Å². The number of aromatic nitrogens is 2. The SMILES string of the molecule is C=C(Cl)CNc1nc(C)c(C)nc1C. The zero-order valence-corrected chi connectivity index (χ0v) is 9.44. The normalized spacial score (nSPS) is 10.0. The fraction of sp³-hybridized carbons (Fsp3) is 0.400. The molecule has 0 fully saturated rings. The lowest BCUT2D eigenvalue weighted by Gasteiger charge is -2.09. The second-order valence-electron chi connectivity index (χ2n) is 3.20. The fourth-order valence-corrected chi connectivity index (χ4v) is 1.13. The van der Waals surface area contributed by atoms with Crippen LogP contribution in [0.1, 0.15) is 17.1 Å². The highest BCUT2D eigenvalue weighted by atomic mass is 35.5. The first-order valence-corrected chi connectivity index (χ1v) is 4.77. The monoisotopic (exact) mass is 211 g/mol. The zero-order valence-electron chi connectivity index (χ0n) is 8.69. The van der Waals surface area contributed by atoms with Crippen LogP contribution in [0.15, 0.2) is 11.6 Å². The number of nitrogens with zero attached hydrogens (tertiary/aromatic N) is 2. The Bertz CT molecular complexity index is 361. The van der Waals surface area contributed by atoms with Gasteiger partial charge in [0.1, 0.15) is 5.82 Å². The van der Waals surface area contributed by atoms with E-state index in [1.807, 2.05) is 20.8 Å². The van der Waals surface area contributed by atoms with Crippen LogP contribution in [0.4, 0.5) is 5.82 Å². The van der Waals surface area contributed by atoms with Gasteiger partial charge in [0.25, 0.3) is 0 Å². The van der Waals surface area contributed by atoms with Crippen LogP contribution < -0.4 is 5.32 Å². The molecule has 14 heavy (non-hydrogen) atoms. The maximum absolute atomic E-state index is 5.65. The summed E-state index contributed by atoms with van der Waals surface area (Å²) < 4.78 is 0. The molecule has 0 amide bonds. The Morgan fingerprint density at radius 2 is 1.79 bits per heavy atom. The second kappa shape index (κ2) is 4.42. The maximum atomic E-state index is 5.65. The Morgan fingerprint density at radius 3 is 2.36 bits per heavy atom. The molecule has 0 aliphatic heterocycles. The van der Waals surface area contributed by atoms with Gasteiger partial charge in [0, 0.05) is 5.03 Å². The summed E-state index contributed by atoms with van der Waals surface area (Å²) in [7, 11) is 0. The maximum Gasteiger partial charge on any atom is 0.148 e. The predicted octanol–water partition coefficient (Wildman–Crippen LogP) is 2.57. The largest absolute Gasteiger partial charge is 0.364 e. The van der Waals surface area contributed by atoms with E-state index in [2.05, 4.69) is 21.9 Å². The molecule has 3 nitrogen and oxygen atoms in total. The number of hydrogen-bond acceptors (Lipinski definition) is 3. The van der Waals surface area contributed by atoms with Gasteiger partial charge in [-0.3, -0.25) is 4.98 Å². The van der Waals surface area contributed by atoms with Crippen molar-refractivity contribution in [2.75, 3.05) is 11.9 Å². The van der Waals surface area contributed by atoms with Crippen molar-refractivity contribution in [3.8, 4) is 0 Å². The average Bonchev–Trinajstić information content (AvgIpc) is 2.09. The van der Waals surface area contributed by atoms with Crippen LogP contribution in [0.5, 0.6) is 0 Å². The smallest absolute Gasteiger partial charge is 0.148 e. The zero-order chi connectivity index (χ0) is 10.7. The van der Waals surface area contributed by atoms with Gasteiger partial charge in [0.2, 0.25) is 0 Å². The lowest BCUT2D eigenvalue weighted by molar-refractivity contribution is 0.996. The van der Waals surface area contributed by atoms with E-state index in [1.165, 1.54) is 0 Å². The van der Waals surface area contributed by atoms with Crippen LogP contribution >= 0.6 is 11.6 Å². The fourth-order valence-electron chi connectivity index (χ4n) is 1.06. The molecule has 1 aromatic rings. The minimum absolute atomic E-state index is 0.513. The van der Waals surface area contributed by atoms with E-state index in [-0.39, 0.29) is 0 Å². The van der Waals surface area contributed by atoms with Crippen LogP contribution in [0.25, 0.3) is 0 Å². The van der Waals surface area contributed by atoms with Crippen molar-refractivity contribution in [1.82, 2.24) is 9.97 Å². The molecule has 0 saturated carbocycles. The quantitative estimate of drug-likeness (QED) is 0.835. The molecule has 0 aromatic carbocycles. The number of rotatable bonds is 3. The van der Waals surface area contributed by atoms with Gasteiger partial charge in [-0.1, -0.05) is 18.2 Å². The Hall–Kier alpha value is -1.09. The van der Waals surface area contributed by atoms with Gasteiger partial charge >= 0.3 is 0 Å². The summed E-state index contributed by atoms with van der Waals surface area (Å²) in [6, 6.07) is 0. The van der Waals surface area contributed by atoms with E-state index >= 15 is 0 Å². The highest BCUT2D eigenvalue weighted by Crippen LogP contribution is 2.12. The Morgan fingerprint density at radius 1 is 1.21 bits per heavy atom. The van der Waals surface area contributed by atoms with Gasteiger partial charge in [0.15, 0.2) is 0 Å². The third-order valence-electron chi connectivity index (χ3n) is 1.93. The van der Waals surface area contributed by atoms with E-state index in [0.717, 1.165) is 22.9 Å². The second-order valence-corrected chi connectivity index (χ2v) is 3.73. The number of nitrogens with one attached hydrogen (secondary N) is 1. The van der Waals surface area contributed by atoms with E-state index in [9.17, 15) is 0 Å². The van der Waals surface area contributed by atoms with Gasteiger partial charge in [-0.05, 0) is 20.8 Å². The molecule has 1 aromatic heterocycles. The third-order valence-corrected chi connectivity index (χ3v) is 2.06.